The van der Waals surface area contributed by atoms with Crippen LogP contribution in [-0.2, 0) is 65.4 Å². The second-order valence-electron chi connectivity index (χ2n) is 28.7. The number of phosphoric acid groups is 2. The zero-order chi connectivity index (χ0) is 70.7. The molecule has 0 aliphatic carbocycles. The maximum Gasteiger partial charge on any atom is 0.472 e. The van der Waals surface area contributed by atoms with E-state index in [1.165, 1.54) is 212 Å². The smallest absolute Gasteiger partial charge is 0.462 e. The SMILES string of the molecule is CCCCCCCCCCCCCCCCCCCC(=O)OC[C@H](COP(=O)(O)OC[C@@H](O)COP(=O)(O)OC[C@@H](COC(=O)CCCCCCCCCC(C)C)OC(=O)CCCCCCCCCCCC(C)C)OC(=O)CCCCCCCCCCCCCCCCCCC. The minimum absolute atomic E-state index is 0.105. The number of aliphatic hydroxyl groups excluding tert-OH is 1. The first-order valence-corrected chi connectivity index (χ1v) is 43.0. The number of hydrogen-bond donors (Lipinski definition) is 3. The van der Waals surface area contributed by atoms with Crippen molar-refractivity contribution in [2.75, 3.05) is 39.6 Å². The average Bonchev–Trinajstić information content (AvgIpc) is 1.38. The van der Waals surface area contributed by atoms with Gasteiger partial charge in [0.2, 0.25) is 0 Å². The highest BCUT2D eigenvalue weighted by atomic mass is 31.2. The van der Waals surface area contributed by atoms with Gasteiger partial charge in [-0.25, -0.2) is 9.13 Å². The van der Waals surface area contributed by atoms with E-state index in [9.17, 15) is 43.2 Å². The maximum atomic E-state index is 13.1. The van der Waals surface area contributed by atoms with Crippen LogP contribution in [0.25, 0.3) is 0 Å². The van der Waals surface area contributed by atoms with Crippen LogP contribution in [0.15, 0.2) is 0 Å². The Bertz CT molecular complexity index is 1860. The second kappa shape index (κ2) is 68.8. The minimum atomic E-state index is -4.96. The van der Waals surface area contributed by atoms with Gasteiger partial charge in [0.25, 0.3) is 0 Å². The number of hydrogen-bond acceptors (Lipinski definition) is 15. The van der Waals surface area contributed by atoms with E-state index in [1.807, 2.05) is 0 Å². The molecule has 0 saturated heterocycles. The van der Waals surface area contributed by atoms with Gasteiger partial charge < -0.3 is 33.8 Å². The van der Waals surface area contributed by atoms with E-state index in [-0.39, 0.29) is 25.7 Å². The van der Waals surface area contributed by atoms with Crippen molar-refractivity contribution in [3.05, 3.63) is 0 Å². The first-order chi connectivity index (χ1) is 46.4. The van der Waals surface area contributed by atoms with Crippen LogP contribution < -0.4 is 0 Å². The third-order valence-corrected chi connectivity index (χ3v) is 19.9. The van der Waals surface area contributed by atoms with Crippen LogP contribution in [0.3, 0.4) is 0 Å². The zero-order valence-corrected chi connectivity index (χ0v) is 64.5. The number of carbonyl (C=O) groups excluding carboxylic acids is 4. The Morgan fingerprint density at radius 2 is 0.479 bits per heavy atom. The summed E-state index contributed by atoms with van der Waals surface area (Å²) in [6.45, 7) is 9.53. The van der Waals surface area contributed by atoms with Crippen molar-refractivity contribution in [3.8, 4) is 0 Å². The molecule has 0 radical (unpaired) electrons. The Morgan fingerprint density at radius 3 is 0.708 bits per heavy atom. The van der Waals surface area contributed by atoms with Gasteiger partial charge in [0.05, 0.1) is 26.4 Å². The molecule has 2 unspecified atom stereocenters. The van der Waals surface area contributed by atoms with E-state index in [1.54, 1.807) is 0 Å². The van der Waals surface area contributed by atoms with E-state index in [2.05, 4.69) is 41.5 Å². The summed E-state index contributed by atoms with van der Waals surface area (Å²) in [4.78, 5) is 72.8. The van der Waals surface area contributed by atoms with E-state index in [0.29, 0.717) is 31.6 Å². The molecule has 570 valence electrons. The lowest BCUT2D eigenvalue weighted by Gasteiger charge is -2.21. The van der Waals surface area contributed by atoms with Crippen molar-refractivity contribution < 1.29 is 80.2 Å². The predicted octanol–water partition coefficient (Wildman–Crippen LogP) is 22.7. The number of rotatable bonds is 76. The van der Waals surface area contributed by atoms with Gasteiger partial charge in [-0.05, 0) is 37.5 Å². The quantitative estimate of drug-likeness (QED) is 0.0222. The normalized spacial score (nSPS) is 14.0. The van der Waals surface area contributed by atoms with Gasteiger partial charge in [0, 0.05) is 25.7 Å². The molecular formula is C77H150O17P2. The third-order valence-electron chi connectivity index (χ3n) is 18.0. The fourth-order valence-corrected chi connectivity index (χ4v) is 13.4. The molecule has 0 amide bonds. The molecule has 0 aliphatic heterocycles. The summed E-state index contributed by atoms with van der Waals surface area (Å²) in [6.07, 6.45) is 57.0. The van der Waals surface area contributed by atoms with Crippen molar-refractivity contribution >= 4 is 39.5 Å². The summed E-state index contributed by atoms with van der Waals surface area (Å²) in [5.74, 6) is -0.674. The summed E-state index contributed by atoms with van der Waals surface area (Å²) >= 11 is 0. The Labute approximate surface area is 588 Å². The van der Waals surface area contributed by atoms with Gasteiger partial charge in [-0.2, -0.15) is 0 Å². The van der Waals surface area contributed by atoms with Crippen molar-refractivity contribution in [2.24, 2.45) is 11.8 Å². The van der Waals surface area contributed by atoms with Crippen LogP contribution in [-0.4, -0.2) is 96.7 Å². The molecule has 0 aromatic rings. The molecule has 96 heavy (non-hydrogen) atoms. The minimum Gasteiger partial charge on any atom is -0.462 e. The lowest BCUT2D eigenvalue weighted by molar-refractivity contribution is -0.161. The van der Waals surface area contributed by atoms with E-state index < -0.39 is 97.5 Å². The summed E-state index contributed by atoms with van der Waals surface area (Å²) < 4.78 is 68.6. The van der Waals surface area contributed by atoms with Crippen molar-refractivity contribution in [2.45, 2.75) is 419 Å². The van der Waals surface area contributed by atoms with E-state index >= 15 is 0 Å². The largest absolute Gasteiger partial charge is 0.472 e. The molecule has 3 N–H and O–H groups in total. The fourth-order valence-electron chi connectivity index (χ4n) is 11.8. The van der Waals surface area contributed by atoms with Crippen molar-refractivity contribution in [1.82, 2.24) is 0 Å². The third kappa shape index (κ3) is 70.5. The second-order valence-corrected chi connectivity index (χ2v) is 31.6. The summed E-state index contributed by atoms with van der Waals surface area (Å²) in [5.41, 5.74) is 0. The Kier molecular flexibility index (Phi) is 67.4. The number of esters is 4. The zero-order valence-electron chi connectivity index (χ0n) is 62.7. The molecule has 0 fully saturated rings. The molecule has 0 bridgehead atoms. The molecule has 19 heteroatoms. The molecule has 0 saturated carbocycles. The topological polar surface area (TPSA) is 237 Å². The molecule has 0 aromatic heterocycles. The first kappa shape index (κ1) is 94.1. The number of carbonyl (C=O) groups is 4. The maximum absolute atomic E-state index is 13.1. The van der Waals surface area contributed by atoms with E-state index in [0.717, 1.165) is 102 Å². The summed E-state index contributed by atoms with van der Waals surface area (Å²) in [5, 5.41) is 10.6. The molecule has 17 nitrogen and oxygen atoms in total. The average molecular weight is 1410 g/mol. The van der Waals surface area contributed by atoms with Crippen molar-refractivity contribution in [3.63, 3.8) is 0 Å². The van der Waals surface area contributed by atoms with Crippen LogP contribution in [0.2, 0.25) is 0 Å². The molecule has 0 rings (SSSR count). The van der Waals surface area contributed by atoms with Crippen LogP contribution >= 0.6 is 15.6 Å². The van der Waals surface area contributed by atoms with Crippen LogP contribution in [0, 0.1) is 11.8 Å². The van der Waals surface area contributed by atoms with Gasteiger partial charge in [0.1, 0.15) is 19.3 Å². The molecule has 5 atom stereocenters. The number of phosphoric ester groups is 2. The van der Waals surface area contributed by atoms with Gasteiger partial charge in [-0.15, -0.1) is 0 Å². The number of aliphatic hydroxyl groups is 1. The van der Waals surface area contributed by atoms with E-state index in [4.69, 9.17) is 37.0 Å². The molecular weight excluding hydrogens is 1260 g/mol. The first-order valence-electron chi connectivity index (χ1n) is 40.0. The number of ether oxygens (including phenoxy) is 4. The highest BCUT2D eigenvalue weighted by Crippen LogP contribution is 2.45. The number of unbranched alkanes of at least 4 members (excludes halogenated alkanes) is 46. The highest BCUT2D eigenvalue weighted by molar-refractivity contribution is 7.47. The van der Waals surface area contributed by atoms with Crippen LogP contribution in [0.1, 0.15) is 401 Å². The van der Waals surface area contributed by atoms with Gasteiger partial charge in [0.15, 0.2) is 12.2 Å². The molecule has 0 aromatic carbocycles. The van der Waals surface area contributed by atoms with Gasteiger partial charge in [-0.1, -0.05) is 350 Å². The summed E-state index contributed by atoms with van der Waals surface area (Å²) in [6, 6.07) is 0. The van der Waals surface area contributed by atoms with Crippen LogP contribution in [0.5, 0.6) is 0 Å². The Balaban J connectivity index is 5.24. The van der Waals surface area contributed by atoms with Gasteiger partial charge in [-0.3, -0.25) is 37.3 Å². The standard InChI is InChI=1S/C77H150O17P2/c1-7-9-11-13-15-17-19-21-23-25-27-29-31-35-41-47-53-59-74(79)87-65-72(93-76(81)61-55-49-42-36-32-30-28-26-24-22-20-18-16-14-12-10-8-2)67-91-95(83,84)89-63-71(78)64-90-96(85,86)92-68-73(66-88-75(80)60-54-48-44-38-40-46-52-58-70(5)6)94-77(82)62-56-50-43-37-33-34-39-45-51-57-69(3)4/h69-73,78H,7-68H2,1-6H3,(H,83,84)(H,85,86)/t71-,72-,73-/m1/s1. The molecule has 0 heterocycles. The van der Waals surface area contributed by atoms with Crippen molar-refractivity contribution in [1.29, 1.82) is 0 Å². The lowest BCUT2D eigenvalue weighted by atomic mass is 10.0. The Morgan fingerprint density at radius 1 is 0.281 bits per heavy atom. The Hall–Kier alpha value is -1.94. The van der Waals surface area contributed by atoms with Crippen LogP contribution in [0.4, 0.5) is 0 Å². The summed E-state index contributed by atoms with van der Waals surface area (Å²) in [7, 11) is -9.91. The predicted molar refractivity (Wildman–Crippen MR) is 391 cm³/mol. The molecule has 0 spiro atoms. The molecule has 0 aliphatic rings. The highest BCUT2D eigenvalue weighted by Gasteiger charge is 2.30. The monoisotopic (exact) mass is 1410 g/mol. The van der Waals surface area contributed by atoms with Gasteiger partial charge >= 0.3 is 39.5 Å². The lowest BCUT2D eigenvalue weighted by Crippen LogP contribution is -2.30. The fraction of sp³-hybridized carbons (Fsp3) is 0.948.